The second-order valence-electron chi connectivity index (χ2n) is 6.02. The van der Waals surface area contributed by atoms with Crippen LogP contribution in [0.5, 0.6) is 0 Å². The molecule has 3 heteroatoms. The van der Waals surface area contributed by atoms with Crippen LogP contribution in [0.1, 0.15) is 57.6 Å². The maximum Gasteiger partial charge on any atom is 0.224 e. The van der Waals surface area contributed by atoms with Crippen LogP contribution in [0.2, 0.25) is 0 Å². The third-order valence-corrected chi connectivity index (χ3v) is 4.41. The lowest BCUT2D eigenvalue weighted by molar-refractivity contribution is -0.134. The van der Waals surface area contributed by atoms with Crippen LogP contribution in [0, 0.1) is 0 Å². The number of amides is 1. The second-order valence-corrected chi connectivity index (χ2v) is 6.02. The van der Waals surface area contributed by atoms with Gasteiger partial charge < -0.3 is 10.2 Å². The topological polar surface area (TPSA) is 32.3 Å². The van der Waals surface area contributed by atoms with Crippen molar-refractivity contribution < 1.29 is 4.79 Å². The predicted molar refractivity (Wildman–Crippen MR) is 87.1 cm³/mol. The minimum absolute atomic E-state index is 0.159. The van der Waals surface area contributed by atoms with Crippen molar-refractivity contribution >= 4 is 5.91 Å². The fraction of sp³-hybridized carbons (Fsp3) is 0.611. The van der Waals surface area contributed by atoms with Crippen molar-refractivity contribution in [3.63, 3.8) is 0 Å². The molecule has 0 spiro atoms. The van der Waals surface area contributed by atoms with Crippen LogP contribution in [0.3, 0.4) is 0 Å². The molecule has 0 bridgehead atoms. The Morgan fingerprint density at radius 3 is 2.76 bits per heavy atom. The molecule has 0 radical (unpaired) electrons. The summed E-state index contributed by atoms with van der Waals surface area (Å²) in [5, 5.41) is 3.43. The first-order valence-electron chi connectivity index (χ1n) is 8.30. The van der Waals surface area contributed by atoms with Gasteiger partial charge in [-0.3, -0.25) is 4.79 Å². The average Bonchev–Trinajstić information content (AvgIpc) is 3.01. The Balaban J connectivity index is 2.03. The monoisotopic (exact) mass is 288 g/mol. The van der Waals surface area contributed by atoms with Gasteiger partial charge in [0.15, 0.2) is 0 Å². The molecule has 1 aliphatic heterocycles. The summed E-state index contributed by atoms with van der Waals surface area (Å²) in [6.07, 6.45) is 5.16. The third-order valence-electron chi connectivity index (χ3n) is 4.41. The first kappa shape index (κ1) is 16.0. The van der Waals surface area contributed by atoms with Crippen molar-refractivity contribution in [2.45, 2.75) is 58.0 Å². The highest BCUT2D eigenvalue weighted by Gasteiger charge is 2.25. The van der Waals surface area contributed by atoms with E-state index in [1.807, 2.05) is 18.2 Å². The second kappa shape index (κ2) is 8.18. The summed E-state index contributed by atoms with van der Waals surface area (Å²) in [6.45, 7) is 6.23. The van der Waals surface area contributed by atoms with E-state index in [0.29, 0.717) is 18.4 Å². The van der Waals surface area contributed by atoms with Crippen molar-refractivity contribution in [3.8, 4) is 0 Å². The number of rotatable bonds is 7. The molecule has 1 amide bonds. The largest absolute Gasteiger partial charge is 0.336 e. The van der Waals surface area contributed by atoms with Crippen molar-refractivity contribution in [1.82, 2.24) is 10.2 Å². The Kier molecular flexibility index (Phi) is 6.24. The van der Waals surface area contributed by atoms with E-state index in [-0.39, 0.29) is 6.04 Å². The maximum atomic E-state index is 12.7. The molecular weight excluding hydrogens is 260 g/mol. The molecule has 1 fully saturated rings. The van der Waals surface area contributed by atoms with Gasteiger partial charge in [-0.25, -0.2) is 0 Å². The first-order chi connectivity index (χ1) is 10.2. The zero-order valence-corrected chi connectivity index (χ0v) is 13.3. The predicted octanol–water partition coefficient (Wildman–Crippen LogP) is 3.52. The summed E-state index contributed by atoms with van der Waals surface area (Å²) in [7, 11) is 0. The maximum absolute atomic E-state index is 12.7. The molecule has 2 unspecified atom stereocenters. The van der Waals surface area contributed by atoms with Gasteiger partial charge in [-0.15, -0.1) is 0 Å². The highest BCUT2D eigenvalue weighted by atomic mass is 16.2. The lowest BCUT2D eigenvalue weighted by atomic mass is 10.0. The Hall–Kier alpha value is -1.35. The number of carbonyl (C=O) groups is 1. The number of unbranched alkanes of at least 4 members (excludes halogenated alkanes) is 1. The van der Waals surface area contributed by atoms with Gasteiger partial charge in [0.1, 0.15) is 0 Å². The average molecular weight is 288 g/mol. The van der Waals surface area contributed by atoms with E-state index in [1.54, 1.807) is 0 Å². The summed E-state index contributed by atoms with van der Waals surface area (Å²) < 4.78 is 0. The number of nitrogens with one attached hydrogen (secondary N) is 1. The van der Waals surface area contributed by atoms with Crippen LogP contribution in [-0.2, 0) is 4.79 Å². The molecule has 0 aromatic heterocycles. The Morgan fingerprint density at radius 1 is 1.38 bits per heavy atom. The van der Waals surface area contributed by atoms with Gasteiger partial charge in [-0.1, -0.05) is 43.7 Å². The molecule has 1 aliphatic rings. The lowest BCUT2D eigenvalue weighted by Gasteiger charge is -2.30. The number of hydrogen-bond acceptors (Lipinski definition) is 2. The summed E-state index contributed by atoms with van der Waals surface area (Å²) >= 11 is 0. The molecule has 3 nitrogen and oxygen atoms in total. The van der Waals surface area contributed by atoms with Gasteiger partial charge in [-0.2, -0.15) is 0 Å². The SMILES string of the molecule is CCCCN(C(=O)CC1CCCN1)C(C)c1ccccc1. The molecule has 116 valence electrons. The van der Waals surface area contributed by atoms with Crippen LogP contribution in [0.25, 0.3) is 0 Å². The normalized spacial score (nSPS) is 19.4. The van der Waals surface area contributed by atoms with Crippen molar-refractivity contribution in [2.24, 2.45) is 0 Å². The van der Waals surface area contributed by atoms with E-state index >= 15 is 0 Å². The number of carbonyl (C=O) groups excluding carboxylic acids is 1. The molecule has 0 saturated carbocycles. The van der Waals surface area contributed by atoms with Crippen LogP contribution in [-0.4, -0.2) is 29.9 Å². The summed E-state index contributed by atoms with van der Waals surface area (Å²) in [4.78, 5) is 14.8. The fourth-order valence-corrected chi connectivity index (χ4v) is 3.03. The van der Waals surface area contributed by atoms with Gasteiger partial charge in [0.2, 0.25) is 5.91 Å². The van der Waals surface area contributed by atoms with Crippen LogP contribution in [0.4, 0.5) is 0 Å². The zero-order valence-electron chi connectivity index (χ0n) is 13.3. The minimum atomic E-state index is 0.159. The van der Waals surface area contributed by atoms with E-state index < -0.39 is 0 Å². The van der Waals surface area contributed by atoms with Crippen LogP contribution in [0.15, 0.2) is 30.3 Å². The summed E-state index contributed by atoms with van der Waals surface area (Å²) in [5.41, 5.74) is 1.22. The number of hydrogen-bond donors (Lipinski definition) is 1. The van der Waals surface area contributed by atoms with Crippen LogP contribution >= 0.6 is 0 Å². The number of benzene rings is 1. The standard InChI is InChI=1S/C18H28N2O/c1-3-4-13-20(15(2)16-9-6-5-7-10-16)18(21)14-17-11-8-12-19-17/h5-7,9-10,15,17,19H,3-4,8,11-14H2,1-2H3. The molecule has 2 atom stereocenters. The molecule has 2 rings (SSSR count). The van der Waals surface area contributed by atoms with Gasteiger partial charge in [0.25, 0.3) is 0 Å². The Bertz CT molecular complexity index is 426. The van der Waals surface area contributed by atoms with E-state index in [1.165, 1.54) is 12.0 Å². The quantitative estimate of drug-likeness (QED) is 0.832. The van der Waals surface area contributed by atoms with E-state index in [2.05, 4.69) is 36.2 Å². The molecule has 0 aliphatic carbocycles. The van der Waals surface area contributed by atoms with Gasteiger partial charge in [0, 0.05) is 19.0 Å². The van der Waals surface area contributed by atoms with Gasteiger partial charge in [-0.05, 0) is 38.3 Å². The first-order valence-corrected chi connectivity index (χ1v) is 8.30. The fourth-order valence-electron chi connectivity index (χ4n) is 3.03. The van der Waals surface area contributed by atoms with E-state index in [4.69, 9.17) is 0 Å². The Labute approximate surface area is 128 Å². The van der Waals surface area contributed by atoms with Gasteiger partial charge in [0.05, 0.1) is 6.04 Å². The smallest absolute Gasteiger partial charge is 0.224 e. The Morgan fingerprint density at radius 2 is 2.14 bits per heavy atom. The molecule has 1 N–H and O–H groups in total. The molecule has 21 heavy (non-hydrogen) atoms. The molecular formula is C18H28N2O. The van der Waals surface area contributed by atoms with Gasteiger partial charge >= 0.3 is 0 Å². The third kappa shape index (κ3) is 4.57. The minimum Gasteiger partial charge on any atom is -0.336 e. The van der Waals surface area contributed by atoms with Crippen molar-refractivity contribution in [1.29, 1.82) is 0 Å². The molecule has 1 aromatic carbocycles. The van der Waals surface area contributed by atoms with Crippen molar-refractivity contribution in [3.05, 3.63) is 35.9 Å². The number of nitrogens with zero attached hydrogens (tertiary/aromatic N) is 1. The summed E-state index contributed by atoms with van der Waals surface area (Å²) in [5.74, 6) is 0.291. The highest BCUT2D eigenvalue weighted by molar-refractivity contribution is 5.77. The van der Waals surface area contributed by atoms with E-state index in [0.717, 1.165) is 32.4 Å². The van der Waals surface area contributed by atoms with Crippen LogP contribution < -0.4 is 5.32 Å². The van der Waals surface area contributed by atoms with E-state index in [9.17, 15) is 4.79 Å². The summed E-state index contributed by atoms with van der Waals surface area (Å²) in [6, 6.07) is 10.9. The highest BCUT2D eigenvalue weighted by Crippen LogP contribution is 2.22. The van der Waals surface area contributed by atoms with Crippen molar-refractivity contribution in [2.75, 3.05) is 13.1 Å². The lowest BCUT2D eigenvalue weighted by Crippen LogP contribution is -2.38. The molecule has 1 aromatic rings. The molecule has 1 heterocycles. The zero-order chi connectivity index (χ0) is 15.1. The molecule has 1 saturated heterocycles.